The number of unbranched alkanes of at least 4 members (excludes halogenated alkanes) is 22. The van der Waals surface area contributed by atoms with Gasteiger partial charge in [-0.1, -0.05) is 141 Å². The van der Waals surface area contributed by atoms with Crippen molar-refractivity contribution in [1.82, 2.24) is 0 Å². The maximum atomic E-state index is 12.6. The monoisotopic (exact) mass is 661 g/mol. The van der Waals surface area contributed by atoms with Crippen LogP contribution in [0, 0.1) is 0 Å². The fourth-order valence-corrected chi connectivity index (χ4v) is 6.40. The van der Waals surface area contributed by atoms with Crippen LogP contribution >= 0.6 is 0 Å². The standard InChI is InChI=1S/C43H82NO3/c1-4-6-8-10-12-14-16-18-20-22-24-26-28-30-32-34-42(46)36-38-44(3,40-41-45)39-37-43(47)35-33-31-29-27-25-23-21-19-17-15-13-11-9-7-5-2/h18-21,45H,4-17,22-41H2,1-3H3/q+1/b20-18-,21-19?. The first kappa shape index (κ1) is 45.7. The highest BCUT2D eigenvalue weighted by atomic mass is 16.3. The van der Waals surface area contributed by atoms with Gasteiger partial charge in [0.25, 0.3) is 0 Å². The number of aliphatic hydroxyl groups excluding tert-OH is 1. The van der Waals surface area contributed by atoms with E-state index in [-0.39, 0.29) is 6.61 Å². The lowest BCUT2D eigenvalue weighted by Gasteiger charge is -2.33. The van der Waals surface area contributed by atoms with E-state index in [1.807, 2.05) is 0 Å². The van der Waals surface area contributed by atoms with E-state index in [9.17, 15) is 14.7 Å². The summed E-state index contributed by atoms with van der Waals surface area (Å²) in [6.07, 6.45) is 44.9. The second-order valence-corrected chi connectivity index (χ2v) is 14.8. The molecule has 1 atom stereocenters. The van der Waals surface area contributed by atoms with E-state index in [1.165, 1.54) is 141 Å². The summed E-state index contributed by atoms with van der Waals surface area (Å²) in [7, 11) is 2.10. The Morgan fingerprint density at radius 3 is 1.04 bits per heavy atom. The smallest absolute Gasteiger partial charge is 0.138 e. The molecular formula is C43H82NO3+. The van der Waals surface area contributed by atoms with Gasteiger partial charge in [0, 0.05) is 12.8 Å². The highest BCUT2D eigenvalue weighted by molar-refractivity contribution is 5.78. The largest absolute Gasteiger partial charge is 0.391 e. The molecule has 47 heavy (non-hydrogen) atoms. The van der Waals surface area contributed by atoms with Crippen LogP contribution < -0.4 is 0 Å². The summed E-state index contributed by atoms with van der Waals surface area (Å²) in [5.74, 6) is 0.675. The van der Waals surface area contributed by atoms with Crippen molar-refractivity contribution in [1.29, 1.82) is 0 Å². The van der Waals surface area contributed by atoms with Crippen LogP contribution in [-0.4, -0.2) is 54.4 Å². The molecule has 0 radical (unpaired) electrons. The number of carbonyl (C=O) groups excluding carboxylic acids is 2. The van der Waals surface area contributed by atoms with Crippen molar-refractivity contribution in [3.8, 4) is 0 Å². The molecule has 0 rings (SSSR count). The van der Waals surface area contributed by atoms with Gasteiger partial charge in [0.05, 0.1) is 39.6 Å². The van der Waals surface area contributed by atoms with Crippen molar-refractivity contribution in [2.24, 2.45) is 0 Å². The number of rotatable bonds is 38. The van der Waals surface area contributed by atoms with Crippen LogP contribution in [0.15, 0.2) is 24.3 Å². The summed E-state index contributed by atoms with van der Waals surface area (Å²) in [5.41, 5.74) is 0. The highest BCUT2D eigenvalue weighted by Crippen LogP contribution is 2.14. The Morgan fingerprint density at radius 1 is 0.426 bits per heavy atom. The minimum atomic E-state index is 0.0986. The third-order valence-electron chi connectivity index (χ3n) is 9.94. The summed E-state index contributed by atoms with van der Waals surface area (Å²) in [6, 6.07) is 0. The van der Waals surface area contributed by atoms with E-state index >= 15 is 0 Å². The Balaban J connectivity index is 3.79. The Morgan fingerprint density at radius 2 is 0.723 bits per heavy atom. The van der Waals surface area contributed by atoms with Gasteiger partial charge >= 0.3 is 0 Å². The number of quaternary nitrogens is 1. The number of ketones is 2. The number of carbonyl (C=O) groups is 2. The van der Waals surface area contributed by atoms with Crippen molar-refractivity contribution in [3.63, 3.8) is 0 Å². The first-order chi connectivity index (χ1) is 23.0. The van der Waals surface area contributed by atoms with Gasteiger partial charge in [-0.25, -0.2) is 0 Å². The molecule has 0 aliphatic carbocycles. The number of likely N-dealkylation sites (N-methyl/N-ethyl adjacent to an activating group) is 1. The normalized spacial score (nSPS) is 13.2. The second kappa shape index (κ2) is 36.0. The van der Waals surface area contributed by atoms with Crippen molar-refractivity contribution >= 4 is 11.6 Å². The lowest BCUT2D eigenvalue weighted by Crippen LogP contribution is -2.48. The minimum Gasteiger partial charge on any atom is -0.391 e. The van der Waals surface area contributed by atoms with Gasteiger partial charge in [-0.3, -0.25) is 9.59 Å². The lowest BCUT2D eigenvalue weighted by molar-refractivity contribution is -0.908. The van der Waals surface area contributed by atoms with Gasteiger partial charge < -0.3 is 9.59 Å². The molecule has 0 saturated carbocycles. The third-order valence-corrected chi connectivity index (χ3v) is 9.94. The van der Waals surface area contributed by atoms with Crippen LogP contribution in [0.1, 0.15) is 206 Å². The fourth-order valence-electron chi connectivity index (χ4n) is 6.40. The summed E-state index contributed by atoms with van der Waals surface area (Å²) in [4.78, 5) is 25.2. The molecule has 0 heterocycles. The van der Waals surface area contributed by atoms with Gasteiger partial charge in [-0.05, 0) is 64.2 Å². The Kier molecular flexibility index (Phi) is 35.1. The molecule has 0 amide bonds. The average Bonchev–Trinajstić information content (AvgIpc) is 3.06. The molecule has 0 fully saturated rings. The predicted octanol–water partition coefficient (Wildman–Crippen LogP) is 12.4. The van der Waals surface area contributed by atoms with Crippen molar-refractivity contribution in [3.05, 3.63) is 24.3 Å². The molecule has 0 bridgehead atoms. The molecule has 4 heteroatoms. The third kappa shape index (κ3) is 34.4. The van der Waals surface area contributed by atoms with E-state index in [2.05, 4.69) is 45.2 Å². The Labute approximate surface area is 294 Å². The van der Waals surface area contributed by atoms with Gasteiger partial charge in [0.15, 0.2) is 0 Å². The second-order valence-electron chi connectivity index (χ2n) is 14.8. The van der Waals surface area contributed by atoms with Gasteiger partial charge in [-0.15, -0.1) is 0 Å². The molecule has 0 saturated heterocycles. The molecule has 0 aromatic carbocycles. The number of aliphatic hydroxyl groups is 1. The number of allylic oxidation sites excluding steroid dienone is 4. The molecule has 4 nitrogen and oxygen atoms in total. The first-order valence-corrected chi connectivity index (χ1v) is 20.7. The molecular weight excluding hydrogens is 578 g/mol. The van der Waals surface area contributed by atoms with E-state index in [0.29, 0.717) is 48.3 Å². The van der Waals surface area contributed by atoms with Crippen LogP contribution in [0.5, 0.6) is 0 Å². The van der Waals surface area contributed by atoms with Crippen LogP contribution in [0.2, 0.25) is 0 Å². The van der Waals surface area contributed by atoms with Crippen molar-refractivity contribution in [2.75, 3.05) is 33.3 Å². The van der Waals surface area contributed by atoms with Crippen LogP contribution in [0.25, 0.3) is 0 Å². The number of Topliss-reactive ketones (excluding diaryl/α,β-unsaturated/α-hetero) is 2. The topological polar surface area (TPSA) is 54.4 Å². The summed E-state index contributed by atoms with van der Waals surface area (Å²) < 4.78 is 0.618. The minimum absolute atomic E-state index is 0.0986. The molecule has 0 aliphatic rings. The fraction of sp³-hybridized carbons (Fsp3) is 0.860. The van der Waals surface area contributed by atoms with Gasteiger partial charge in [0.1, 0.15) is 18.1 Å². The van der Waals surface area contributed by atoms with Crippen molar-refractivity contribution < 1.29 is 19.2 Å². The number of nitrogens with zero attached hydrogens (tertiary/aromatic N) is 1. The zero-order chi connectivity index (χ0) is 34.5. The van der Waals surface area contributed by atoms with Gasteiger partial charge in [-0.2, -0.15) is 0 Å². The van der Waals surface area contributed by atoms with E-state index in [0.717, 1.165) is 38.8 Å². The van der Waals surface area contributed by atoms with E-state index < -0.39 is 0 Å². The van der Waals surface area contributed by atoms with E-state index in [1.54, 1.807) is 0 Å². The quantitative estimate of drug-likeness (QED) is 0.0407. The first-order valence-electron chi connectivity index (χ1n) is 20.7. The average molecular weight is 661 g/mol. The molecule has 1 N–H and O–H groups in total. The zero-order valence-electron chi connectivity index (χ0n) is 32.1. The predicted molar refractivity (Wildman–Crippen MR) is 206 cm³/mol. The number of hydrogen-bond acceptors (Lipinski definition) is 3. The Bertz CT molecular complexity index is 687. The summed E-state index contributed by atoms with van der Waals surface area (Å²) >= 11 is 0. The maximum Gasteiger partial charge on any atom is 0.138 e. The lowest BCUT2D eigenvalue weighted by atomic mass is 10.0. The van der Waals surface area contributed by atoms with Gasteiger partial charge in [0.2, 0.25) is 0 Å². The van der Waals surface area contributed by atoms with Crippen LogP contribution in [0.4, 0.5) is 0 Å². The zero-order valence-corrected chi connectivity index (χ0v) is 32.1. The summed E-state index contributed by atoms with van der Waals surface area (Å²) in [5, 5.41) is 9.64. The molecule has 276 valence electrons. The van der Waals surface area contributed by atoms with E-state index in [4.69, 9.17) is 0 Å². The Hall–Kier alpha value is -1.26. The molecule has 1 unspecified atom stereocenters. The molecule has 0 spiro atoms. The maximum absolute atomic E-state index is 12.6. The SMILES string of the molecule is CCCCCCCCC=CCCCCCCCC(=O)CC[N+](C)(CCO)CCC(=O)CCCCCCC/C=C\CCCCCCCC. The number of hydrogen-bond donors (Lipinski definition) is 1. The van der Waals surface area contributed by atoms with Crippen LogP contribution in [-0.2, 0) is 9.59 Å². The highest BCUT2D eigenvalue weighted by Gasteiger charge is 2.23. The van der Waals surface area contributed by atoms with Crippen LogP contribution in [0.3, 0.4) is 0 Å². The van der Waals surface area contributed by atoms with Crippen molar-refractivity contribution in [2.45, 2.75) is 206 Å². The summed E-state index contributed by atoms with van der Waals surface area (Å²) in [6.45, 7) is 6.71. The molecule has 0 aliphatic heterocycles. The molecule has 0 aromatic rings. The molecule has 0 aromatic heterocycles.